The second-order valence-electron chi connectivity index (χ2n) is 6.45. The van der Waals surface area contributed by atoms with Crippen LogP contribution in [0.2, 0.25) is 0 Å². The summed E-state index contributed by atoms with van der Waals surface area (Å²) in [5.41, 5.74) is 2.09. The molecule has 2 aromatic rings. The van der Waals surface area contributed by atoms with Gasteiger partial charge in [0.15, 0.2) is 0 Å². The number of sulfonamides is 1. The molecule has 0 aliphatic heterocycles. The maximum Gasteiger partial charge on any atom is 0.337 e. The molecule has 0 amide bonds. The van der Waals surface area contributed by atoms with Gasteiger partial charge in [0.25, 0.3) is 10.0 Å². The normalized spacial score (nSPS) is 11.3. The van der Waals surface area contributed by atoms with E-state index >= 15 is 0 Å². The molecule has 7 heteroatoms. The molecule has 2 N–H and O–H groups in total. The van der Waals surface area contributed by atoms with Gasteiger partial charge in [-0.2, -0.15) is 0 Å². The summed E-state index contributed by atoms with van der Waals surface area (Å²) in [6.07, 6.45) is 0. The van der Waals surface area contributed by atoms with Crippen molar-refractivity contribution in [3.05, 3.63) is 53.6 Å². The lowest BCUT2D eigenvalue weighted by Crippen LogP contribution is -2.18. The molecular weight excluding hydrogens is 352 g/mol. The third kappa shape index (κ3) is 4.98. The fourth-order valence-corrected chi connectivity index (χ4v) is 3.55. The number of methoxy groups -OCH3 is 1. The lowest BCUT2D eigenvalue weighted by atomic mass is 10.2. The van der Waals surface area contributed by atoms with E-state index in [9.17, 15) is 13.2 Å². The van der Waals surface area contributed by atoms with Crippen LogP contribution < -0.4 is 10.0 Å². The van der Waals surface area contributed by atoms with E-state index in [4.69, 9.17) is 4.74 Å². The molecule has 140 valence electrons. The Balaban J connectivity index is 2.44. The lowest BCUT2D eigenvalue weighted by molar-refractivity contribution is 0.0600. The van der Waals surface area contributed by atoms with Crippen LogP contribution in [0.1, 0.15) is 29.8 Å². The highest BCUT2D eigenvalue weighted by Gasteiger charge is 2.21. The number of carbonyl (C=O) groups is 1. The van der Waals surface area contributed by atoms with E-state index in [1.807, 2.05) is 32.9 Å². The molecule has 26 heavy (non-hydrogen) atoms. The van der Waals surface area contributed by atoms with Gasteiger partial charge in [-0.25, -0.2) is 13.2 Å². The molecule has 6 nitrogen and oxygen atoms in total. The molecule has 0 aliphatic rings. The Morgan fingerprint density at radius 2 is 1.77 bits per heavy atom. The van der Waals surface area contributed by atoms with Gasteiger partial charge in [0.05, 0.1) is 18.4 Å². The Bertz CT molecular complexity index is 875. The number of aryl methyl sites for hydroxylation is 1. The molecule has 0 radical (unpaired) electrons. The van der Waals surface area contributed by atoms with Crippen LogP contribution in [0, 0.1) is 12.8 Å². The minimum Gasteiger partial charge on any atom is -0.465 e. The van der Waals surface area contributed by atoms with Gasteiger partial charge >= 0.3 is 5.97 Å². The van der Waals surface area contributed by atoms with Gasteiger partial charge in [0, 0.05) is 12.2 Å². The van der Waals surface area contributed by atoms with Crippen molar-refractivity contribution >= 4 is 27.4 Å². The Morgan fingerprint density at radius 3 is 2.35 bits per heavy atom. The van der Waals surface area contributed by atoms with Crippen molar-refractivity contribution in [2.75, 3.05) is 23.7 Å². The predicted molar refractivity (Wildman–Crippen MR) is 103 cm³/mol. The van der Waals surface area contributed by atoms with Gasteiger partial charge in [-0.1, -0.05) is 31.5 Å². The smallest absolute Gasteiger partial charge is 0.337 e. The van der Waals surface area contributed by atoms with Crippen molar-refractivity contribution < 1.29 is 17.9 Å². The summed E-state index contributed by atoms with van der Waals surface area (Å²) >= 11 is 0. The number of benzene rings is 2. The zero-order valence-electron chi connectivity index (χ0n) is 15.4. The number of ether oxygens (including phenoxy) is 1. The highest BCUT2D eigenvalue weighted by atomic mass is 32.2. The fourth-order valence-electron chi connectivity index (χ4n) is 2.28. The van der Waals surface area contributed by atoms with Gasteiger partial charge in [0.1, 0.15) is 4.90 Å². The van der Waals surface area contributed by atoms with Crippen LogP contribution >= 0.6 is 0 Å². The molecule has 0 saturated carbocycles. The van der Waals surface area contributed by atoms with E-state index in [1.165, 1.54) is 13.2 Å². The molecule has 0 unspecified atom stereocenters. The van der Waals surface area contributed by atoms with Crippen molar-refractivity contribution in [3.63, 3.8) is 0 Å². The number of rotatable bonds is 7. The molecule has 0 aliphatic carbocycles. The van der Waals surface area contributed by atoms with Gasteiger partial charge in [-0.05, 0) is 43.2 Å². The summed E-state index contributed by atoms with van der Waals surface area (Å²) in [5, 5.41) is 3.13. The Hall–Kier alpha value is -2.54. The molecule has 0 aromatic heterocycles. The maximum atomic E-state index is 12.9. The van der Waals surface area contributed by atoms with E-state index in [0.717, 1.165) is 5.56 Å². The van der Waals surface area contributed by atoms with Gasteiger partial charge in [-0.3, -0.25) is 4.72 Å². The molecule has 2 aromatic carbocycles. The molecule has 0 heterocycles. The van der Waals surface area contributed by atoms with Crippen LogP contribution in [0.3, 0.4) is 0 Å². The maximum absolute atomic E-state index is 12.9. The van der Waals surface area contributed by atoms with Crippen LogP contribution in [0.5, 0.6) is 0 Å². The second kappa shape index (κ2) is 8.23. The third-order valence-corrected chi connectivity index (χ3v) is 5.12. The predicted octanol–water partition coefficient (Wildman–Crippen LogP) is 3.65. The second-order valence-corrected chi connectivity index (χ2v) is 8.10. The average molecular weight is 376 g/mol. The zero-order valence-corrected chi connectivity index (χ0v) is 16.2. The highest BCUT2D eigenvalue weighted by Crippen LogP contribution is 2.26. The number of esters is 1. The standard InChI is InChI=1S/C19H24N2O4S/c1-13(2)12-20-17-10-7-15(19(22)25-4)11-18(17)26(23,24)21-16-8-5-14(3)6-9-16/h5-11,13,20-21H,12H2,1-4H3. The summed E-state index contributed by atoms with van der Waals surface area (Å²) < 4.78 is 33.1. The highest BCUT2D eigenvalue weighted by molar-refractivity contribution is 7.92. The lowest BCUT2D eigenvalue weighted by Gasteiger charge is -2.16. The summed E-state index contributed by atoms with van der Waals surface area (Å²) in [4.78, 5) is 11.8. The topological polar surface area (TPSA) is 84.5 Å². The SMILES string of the molecule is COC(=O)c1ccc(NCC(C)C)c(S(=O)(=O)Nc2ccc(C)cc2)c1. The number of hydrogen-bond donors (Lipinski definition) is 2. The first-order chi connectivity index (χ1) is 12.2. The van der Waals surface area contributed by atoms with E-state index in [-0.39, 0.29) is 10.5 Å². The summed E-state index contributed by atoms with van der Waals surface area (Å²) in [6.45, 7) is 6.57. The van der Waals surface area contributed by atoms with Crippen LogP contribution in [-0.2, 0) is 14.8 Å². The average Bonchev–Trinajstić information content (AvgIpc) is 2.60. The quantitative estimate of drug-likeness (QED) is 0.721. The molecule has 0 fully saturated rings. The van der Waals surface area contributed by atoms with Gasteiger partial charge in [-0.15, -0.1) is 0 Å². The first-order valence-corrected chi connectivity index (χ1v) is 9.77. The van der Waals surface area contributed by atoms with Crippen LogP contribution in [-0.4, -0.2) is 28.0 Å². The van der Waals surface area contributed by atoms with Crippen molar-refractivity contribution in [3.8, 4) is 0 Å². The van der Waals surface area contributed by atoms with E-state index in [2.05, 4.69) is 10.0 Å². The van der Waals surface area contributed by atoms with Crippen LogP contribution in [0.4, 0.5) is 11.4 Å². The summed E-state index contributed by atoms with van der Waals surface area (Å²) in [7, 11) is -2.63. The van der Waals surface area contributed by atoms with Gasteiger partial charge < -0.3 is 10.1 Å². The molecule has 0 spiro atoms. The minimum absolute atomic E-state index is 0.00150. The van der Waals surface area contributed by atoms with E-state index in [0.29, 0.717) is 23.8 Å². The summed E-state index contributed by atoms with van der Waals surface area (Å²) in [5.74, 6) is -0.261. The van der Waals surface area contributed by atoms with Crippen molar-refractivity contribution in [1.82, 2.24) is 0 Å². The largest absolute Gasteiger partial charge is 0.465 e. The van der Waals surface area contributed by atoms with E-state index in [1.54, 1.807) is 24.3 Å². The molecule has 0 atom stereocenters. The Morgan fingerprint density at radius 1 is 1.12 bits per heavy atom. The van der Waals surface area contributed by atoms with Gasteiger partial charge in [0.2, 0.25) is 0 Å². The Kier molecular flexibility index (Phi) is 6.26. The number of carbonyl (C=O) groups excluding carboxylic acids is 1. The zero-order chi connectivity index (χ0) is 19.3. The first-order valence-electron chi connectivity index (χ1n) is 8.28. The van der Waals surface area contributed by atoms with E-state index < -0.39 is 16.0 Å². The van der Waals surface area contributed by atoms with Crippen LogP contribution in [0.25, 0.3) is 0 Å². The number of anilines is 2. The van der Waals surface area contributed by atoms with Crippen molar-refractivity contribution in [2.24, 2.45) is 5.92 Å². The minimum atomic E-state index is -3.89. The van der Waals surface area contributed by atoms with Crippen LogP contribution in [0.15, 0.2) is 47.4 Å². The third-order valence-electron chi connectivity index (χ3n) is 3.70. The Labute approximate surface area is 154 Å². The molecular formula is C19H24N2O4S. The molecule has 2 rings (SSSR count). The van der Waals surface area contributed by atoms with Crippen molar-refractivity contribution in [2.45, 2.75) is 25.7 Å². The fraction of sp³-hybridized carbons (Fsp3) is 0.316. The number of hydrogen-bond acceptors (Lipinski definition) is 5. The van der Waals surface area contributed by atoms with Crippen molar-refractivity contribution in [1.29, 1.82) is 0 Å². The summed E-state index contributed by atoms with van der Waals surface area (Å²) in [6, 6.07) is 11.5. The molecule has 0 saturated heterocycles. The first kappa shape index (κ1) is 19.8. The number of nitrogens with one attached hydrogen (secondary N) is 2. The monoisotopic (exact) mass is 376 g/mol. The molecule has 0 bridgehead atoms.